The minimum Gasteiger partial charge on any atom is -0.258 e. The number of alkyl halides is 3. The van der Waals surface area contributed by atoms with Gasteiger partial charge in [0.2, 0.25) is 5.82 Å². The van der Waals surface area contributed by atoms with E-state index >= 15 is 0 Å². The van der Waals surface area contributed by atoms with Gasteiger partial charge in [-0.15, -0.1) is 0 Å². The molecule has 0 aromatic heterocycles. The molecule has 1 aromatic rings. The van der Waals surface area contributed by atoms with Crippen LogP contribution in [0.4, 0.5) is 23.2 Å². The summed E-state index contributed by atoms with van der Waals surface area (Å²) in [6.07, 6.45) is -4.93. The molecule has 82 valence electrons. The summed E-state index contributed by atoms with van der Waals surface area (Å²) in [5, 5.41) is 10.3. The Hall–Kier alpha value is -0.930. The molecule has 0 saturated carbocycles. The number of rotatable bonds is 1. The summed E-state index contributed by atoms with van der Waals surface area (Å²) in [6, 6.07) is 1.33. The van der Waals surface area contributed by atoms with Gasteiger partial charge in [-0.25, -0.2) is 0 Å². The van der Waals surface area contributed by atoms with Crippen LogP contribution in [0.1, 0.15) is 5.56 Å². The average molecular weight is 335 g/mol. The Morgan fingerprint density at radius 1 is 1.33 bits per heavy atom. The fraction of sp³-hybridized carbons (Fsp3) is 0.143. The molecule has 0 aliphatic heterocycles. The van der Waals surface area contributed by atoms with E-state index in [0.29, 0.717) is 6.07 Å². The molecule has 0 fully saturated rings. The predicted octanol–water partition coefficient (Wildman–Crippen LogP) is 3.36. The lowest BCUT2D eigenvalue weighted by Gasteiger charge is -2.08. The van der Waals surface area contributed by atoms with Crippen LogP contribution in [0.3, 0.4) is 0 Å². The highest BCUT2D eigenvalue weighted by Gasteiger charge is 2.38. The number of halogens is 5. The van der Waals surface area contributed by atoms with Gasteiger partial charge in [0, 0.05) is 0 Å². The van der Waals surface area contributed by atoms with Crippen molar-refractivity contribution in [3.05, 3.63) is 37.2 Å². The van der Waals surface area contributed by atoms with Crippen LogP contribution in [-0.4, -0.2) is 4.92 Å². The van der Waals surface area contributed by atoms with Gasteiger partial charge in [0.25, 0.3) is 0 Å². The fourth-order valence-electron chi connectivity index (χ4n) is 0.927. The van der Waals surface area contributed by atoms with Crippen molar-refractivity contribution in [1.29, 1.82) is 0 Å². The monoisotopic (exact) mass is 335 g/mol. The molecule has 3 nitrogen and oxygen atoms in total. The number of nitrogens with zero attached hydrogens (tertiary/aromatic N) is 1. The second-order valence-electron chi connectivity index (χ2n) is 2.51. The van der Waals surface area contributed by atoms with E-state index in [9.17, 15) is 27.7 Å². The van der Waals surface area contributed by atoms with E-state index in [1.54, 1.807) is 0 Å². The van der Waals surface area contributed by atoms with E-state index in [4.69, 9.17) is 0 Å². The molecule has 0 amide bonds. The Labute approximate surface area is 94.4 Å². The van der Waals surface area contributed by atoms with Gasteiger partial charge < -0.3 is 0 Å². The van der Waals surface area contributed by atoms with Crippen LogP contribution in [0.2, 0.25) is 0 Å². The van der Waals surface area contributed by atoms with Crippen LogP contribution in [0.25, 0.3) is 0 Å². The average Bonchev–Trinajstić information content (AvgIpc) is 2.00. The Balaban J connectivity index is 3.49. The maximum atomic E-state index is 13.1. The van der Waals surface area contributed by atoms with Crippen LogP contribution in [0.15, 0.2) is 12.1 Å². The van der Waals surface area contributed by atoms with Crippen molar-refractivity contribution in [3.8, 4) is 0 Å². The summed E-state index contributed by atoms with van der Waals surface area (Å²) in [5.41, 5.74) is -2.78. The minimum absolute atomic E-state index is 0.178. The summed E-state index contributed by atoms with van der Waals surface area (Å²) in [7, 11) is 0. The maximum Gasteiger partial charge on any atom is 0.419 e. The molecule has 0 spiro atoms. The molecule has 8 heteroatoms. The molecule has 1 rings (SSSR count). The van der Waals surface area contributed by atoms with E-state index in [0.717, 1.165) is 6.07 Å². The van der Waals surface area contributed by atoms with Crippen LogP contribution < -0.4 is 0 Å². The first-order valence-corrected chi connectivity index (χ1v) is 4.52. The van der Waals surface area contributed by atoms with E-state index in [1.165, 1.54) is 22.6 Å². The van der Waals surface area contributed by atoms with Gasteiger partial charge in [0.1, 0.15) is 0 Å². The van der Waals surface area contributed by atoms with E-state index in [2.05, 4.69) is 0 Å². The summed E-state index contributed by atoms with van der Waals surface area (Å²) in [5.74, 6) is -1.85. The van der Waals surface area contributed by atoms with Gasteiger partial charge in [-0.1, -0.05) is 0 Å². The molecule has 0 atom stereocenters. The SMILES string of the molecule is O=[N+]([O-])c1c(I)ccc(C(F)(F)F)c1F. The molecule has 0 heterocycles. The number of hydrogen-bond donors (Lipinski definition) is 0. The highest BCUT2D eigenvalue weighted by molar-refractivity contribution is 14.1. The largest absolute Gasteiger partial charge is 0.419 e. The number of hydrogen-bond acceptors (Lipinski definition) is 2. The van der Waals surface area contributed by atoms with Gasteiger partial charge in [-0.05, 0) is 34.7 Å². The van der Waals surface area contributed by atoms with Gasteiger partial charge in [0.05, 0.1) is 14.1 Å². The molecular formula is C7H2F4INO2. The smallest absolute Gasteiger partial charge is 0.258 e. The van der Waals surface area contributed by atoms with Gasteiger partial charge in [0.15, 0.2) is 0 Å². The Morgan fingerprint density at radius 3 is 2.27 bits per heavy atom. The van der Waals surface area contributed by atoms with Crippen molar-refractivity contribution in [2.45, 2.75) is 6.18 Å². The molecule has 0 bridgehead atoms. The lowest BCUT2D eigenvalue weighted by Crippen LogP contribution is -2.10. The van der Waals surface area contributed by atoms with Gasteiger partial charge >= 0.3 is 11.9 Å². The van der Waals surface area contributed by atoms with Crippen molar-refractivity contribution in [1.82, 2.24) is 0 Å². The minimum atomic E-state index is -4.93. The first-order chi connectivity index (χ1) is 6.75. The van der Waals surface area contributed by atoms with Crippen LogP contribution in [0, 0.1) is 19.5 Å². The quantitative estimate of drug-likeness (QED) is 0.342. The zero-order valence-electron chi connectivity index (χ0n) is 6.81. The first kappa shape index (κ1) is 12.1. The molecule has 0 aliphatic carbocycles. The Morgan fingerprint density at radius 2 is 1.87 bits per heavy atom. The van der Waals surface area contributed by atoms with Crippen LogP contribution in [0.5, 0.6) is 0 Å². The molecule has 15 heavy (non-hydrogen) atoms. The maximum absolute atomic E-state index is 13.1. The van der Waals surface area contributed by atoms with Gasteiger partial charge in [-0.2, -0.15) is 17.6 Å². The van der Waals surface area contributed by atoms with Crippen molar-refractivity contribution >= 4 is 28.3 Å². The molecular weight excluding hydrogens is 333 g/mol. The highest BCUT2D eigenvalue weighted by Crippen LogP contribution is 2.36. The second kappa shape index (κ2) is 3.91. The summed E-state index contributed by atoms with van der Waals surface area (Å²) >= 11 is 1.40. The third-order valence-corrected chi connectivity index (χ3v) is 2.43. The number of benzene rings is 1. The molecule has 1 aromatic carbocycles. The van der Waals surface area contributed by atoms with Crippen LogP contribution in [-0.2, 0) is 6.18 Å². The molecule has 0 N–H and O–H groups in total. The normalized spacial score (nSPS) is 11.5. The lowest BCUT2D eigenvalue weighted by molar-refractivity contribution is -0.388. The van der Waals surface area contributed by atoms with Crippen molar-refractivity contribution in [2.24, 2.45) is 0 Å². The lowest BCUT2D eigenvalue weighted by atomic mass is 10.2. The van der Waals surface area contributed by atoms with E-state index < -0.39 is 28.2 Å². The zero-order valence-corrected chi connectivity index (χ0v) is 8.97. The van der Waals surface area contributed by atoms with Crippen LogP contribution >= 0.6 is 22.6 Å². The molecule has 0 radical (unpaired) electrons. The second-order valence-corrected chi connectivity index (χ2v) is 3.67. The Kier molecular flexibility index (Phi) is 3.16. The summed E-state index contributed by atoms with van der Waals surface area (Å²) < 4.78 is 49.4. The van der Waals surface area contributed by atoms with Crippen molar-refractivity contribution in [2.75, 3.05) is 0 Å². The topological polar surface area (TPSA) is 43.1 Å². The highest BCUT2D eigenvalue weighted by atomic mass is 127. The fourth-order valence-corrected chi connectivity index (χ4v) is 1.54. The third kappa shape index (κ3) is 2.36. The van der Waals surface area contributed by atoms with Gasteiger partial charge in [-0.3, -0.25) is 10.1 Å². The predicted molar refractivity (Wildman–Crippen MR) is 50.8 cm³/mol. The Bertz CT molecular complexity index is 418. The van der Waals surface area contributed by atoms with E-state index in [-0.39, 0.29) is 3.57 Å². The van der Waals surface area contributed by atoms with E-state index in [1.807, 2.05) is 0 Å². The first-order valence-electron chi connectivity index (χ1n) is 3.44. The number of nitro benzene ring substituents is 1. The molecule has 0 aliphatic rings. The third-order valence-electron chi connectivity index (χ3n) is 1.55. The number of nitro groups is 1. The van der Waals surface area contributed by atoms with Crippen molar-refractivity contribution in [3.63, 3.8) is 0 Å². The molecule has 0 unspecified atom stereocenters. The standard InChI is InChI=1S/C7H2F4INO2/c8-5-3(7(9,10)11)1-2-4(12)6(5)13(14)15/h1-2H. The van der Waals surface area contributed by atoms with Crippen molar-refractivity contribution < 1.29 is 22.5 Å². The molecule has 0 saturated heterocycles. The zero-order chi connectivity index (χ0) is 11.8. The summed E-state index contributed by atoms with van der Waals surface area (Å²) in [6.45, 7) is 0. The summed E-state index contributed by atoms with van der Waals surface area (Å²) in [4.78, 5) is 9.14.